The molecule has 1 aliphatic rings. The van der Waals surface area contributed by atoms with Crippen molar-refractivity contribution < 1.29 is 4.74 Å². The minimum Gasteiger partial charge on any atom is -0.374 e. The fraction of sp³-hybridized carbons (Fsp3) is 0.600. The van der Waals surface area contributed by atoms with E-state index < -0.39 is 0 Å². The second-order valence-electron chi connectivity index (χ2n) is 4.95. The number of ether oxygens (including phenoxy) is 1. The predicted molar refractivity (Wildman–Crippen MR) is 75.4 cm³/mol. The van der Waals surface area contributed by atoms with Gasteiger partial charge in [-0.1, -0.05) is 30.3 Å². The van der Waals surface area contributed by atoms with Crippen LogP contribution >= 0.6 is 12.6 Å². The average Bonchev–Trinajstić information content (AvgIpc) is 2.40. The number of benzene rings is 1. The van der Waals surface area contributed by atoms with Gasteiger partial charge in [0.25, 0.3) is 0 Å². The first-order chi connectivity index (χ1) is 8.38. The van der Waals surface area contributed by atoms with Crippen LogP contribution in [0.1, 0.15) is 37.7 Å². The van der Waals surface area contributed by atoms with Gasteiger partial charge in [-0.25, -0.2) is 0 Å². The average molecular weight is 250 g/mol. The maximum atomic E-state index is 5.98. The molecule has 0 spiro atoms. The van der Waals surface area contributed by atoms with Crippen LogP contribution in [0.25, 0.3) is 0 Å². The first kappa shape index (κ1) is 13.0. The maximum Gasteiger partial charge on any atom is 0.0720 e. The van der Waals surface area contributed by atoms with Crippen molar-refractivity contribution in [1.82, 2.24) is 0 Å². The van der Waals surface area contributed by atoms with Crippen LogP contribution in [-0.4, -0.2) is 11.9 Å². The third-order valence-corrected chi connectivity index (χ3v) is 3.92. The zero-order valence-corrected chi connectivity index (χ0v) is 11.2. The van der Waals surface area contributed by atoms with Gasteiger partial charge in [0, 0.05) is 0 Å². The second-order valence-corrected chi connectivity index (χ2v) is 5.40. The Bertz CT molecular complexity index is 304. The van der Waals surface area contributed by atoms with Gasteiger partial charge in [-0.2, -0.15) is 12.6 Å². The van der Waals surface area contributed by atoms with Crippen molar-refractivity contribution in [2.75, 3.05) is 5.75 Å². The predicted octanol–water partition coefficient (Wildman–Crippen LogP) is 4.08. The minimum absolute atomic E-state index is 0.478. The highest BCUT2D eigenvalue weighted by Crippen LogP contribution is 2.29. The fourth-order valence-corrected chi connectivity index (χ4v) is 2.92. The molecule has 0 heterocycles. The molecule has 0 saturated heterocycles. The van der Waals surface area contributed by atoms with Crippen molar-refractivity contribution in [3.05, 3.63) is 35.9 Å². The normalized spacial score (nSPS) is 24.8. The lowest BCUT2D eigenvalue weighted by molar-refractivity contribution is 0.00693. The molecule has 0 bridgehead atoms. The van der Waals surface area contributed by atoms with Gasteiger partial charge in [-0.15, -0.1) is 0 Å². The summed E-state index contributed by atoms with van der Waals surface area (Å²) in [6.07, 6.45) is 6.84. The summed E-state index contributed by atoms with van der Waals surface area (Å²) in [5.41, 5.74) is 1.28. The van der Waals surface area contributed by atoms with E-state index in [1.165, 1.54) is 37.7 Å². The maximum absolute atomic E-state index is 5.98. The molecule has 94 valence electrons. The van der Waals surface area contributed by atoms with Gasteiger partial charge < -0.3 is 4.74 Å². The summed E-state index contributed by atoms with van der Waals surface area (Å²) in [5, 5.41) is 0. The SMILES string of the molecule is SCCC1CCC(OCc2ccccc2)CC1. The summed E-state index contributed by atoms with van der Waals surface area (Å²) < 4.78 is 5.98. The van der Waals surface area contributed by atoms with E-state index in [9.17, 15) is 0 Å². The minimum atomic E-state index is 0.478. The number of thiol groups is 1. The van der Waals surface area contributed by atoms with E-state index in [1.54, 1.807) is 0 Å². The van der Waals surface area contributed by atoms with Gasteiger partial charge in [-0.3, -0.25) is 0 Å². The Labute approximate surface area is 110 Å². The van der Waals surface area contributed by atoms with E-state index in [4.69, 9.17) is 4.74 Å². The molecule has 1 saturated carbocycles. The van der Waals surface area contributed by atoms with Crippen LogP contribution < -0.4 is 0 Å². The van der Waals surface area contributed by atoms with Gasteiger partial charge in [-0.05, 0) is 49.3 Å². The van der Waals surface area contributed by atoms with Crippen LogP contribution in [0.3, 0.4) is 0 Å². The van der Waals surface area contributed by atoms with Crippen LogP contribution in [0.4, 0.5) is 0 Å². The van der Waals surface area contributed by atoms with Crippen LogP contribution in [0.2, 0.25) is 0 Å². The largest absolute Gasteiger partial charge is 0.374 e. The first-order valence-electron chi connectivity index (χ1n) is 6.65. The van der Waals surface area contributed by atoms with Gasteiger partial charge in [0.15, 0.2) is 0 Å². The Balaban J connectivity index is 1.68. The van der Waals surface area contributed by atoms with E-state index >= 15 is 0 Å². The molecule has 0 aromatic heterocycles. The second kappa shape index (κ2) is 7.07. The zero-order valence-electron chi connectivity index (χ0n) is 10.3. The molecule has 0 aliphatic heterocycles. The van der Waals surface area contributed by atoms with E-state index in [0.29, 0.717) is 6.10 Å². The van der Waals surface area contributed by atoms with Gasteiger partial charge in [0.1, 0.15) is 0 Å². The molecule has 2 heteroatoms. The summed E-state index contributed by atoms with van der Waals surface area (Å²) in [6.45, 7) is 0.767. The van der Waals surface area contributed by atoms with Gasteiger partial charge in [0.2, 0.25) is 0 Å². The van der Waals surface area contributed by atoms with Gasteiger partial charge in [0.05, 0.1) is 12.7 Å². The Morgan fingerprint density at radius 1 is 1.06 bits per heavy atom. The highest BCUT2D eigenvalue weighted by Gasteiger charge is 2.20. The van der Waals surface area contributed by atoms with E-state index in [1.807, 2.05) is 6.07 Å². The topological polar surface area (TPSA) is 9.23 Å². The molecule has 0 amide bonds. The molecule has 0 radical (unpaired) electrons. The lowest BCUT2D eigenvalue weighted by atomic mass is 9.86. The first-order valence-corrected chi connectivity index (χ1v) is 7.28. The molecule has 1 aromatic rings. The summed E-state index contributed by atoms with van der Waals surface area (Å²) in [4.78, 5) is 0. The fourth-order valence-electron chi connectivity index (χ4n) is 2.56. The Hall–Kier alpha value is -0.470. The molecule has 17 heavy (non-hydrogen) atoms. The molecule has 1 fully saturated rings. The van der Waals surface area contributed by atoms with Gasteiger partial charge >= 0.3 is 0 Å². The molecule has 0 atom stereocenters. The third-order valence-electron chi connectivity index (χ3n) is 3.66. The Kier molecular flexibility index (Phi) is 5.40. The molecular weight excluding hydrogens is 228 g/mol. The Morgan fingerprint density at radius 3 is 2.41 bits per heavy atom. The van der Waals surface area contributed by atoms with Crippen molar-refractivity contribution in [3.8, 4) is 0 Å². The van der Waals surface area contributed by atoms with Crippen molar-refractivity contribution in [2.24, 2.45) is 5.92 Å². The monoisotopic (exact) mass is 250 g/mol. The summed E-state index contributed by atoms with van der Waals surface area (Å²) >= 11 is 4.31. The van der Waals surface area contributed by atoms with E-state index in [-0.39, 0.29) is 0 Å². The van der Waals surface area contributed by atoms with Crippen molar-refractivity contribution >= 4 is 12.6 Å². The van der Waals surface area contributed by atoms with Crippen LogP contribution in [-0.2, 0) is 11.3 Å². The van der Waals surface area contributed by atoms with Crippen molar-refractivity contribution in [1.29, 1.82) is 0 Å². The molecule has 2 rings (SSSR count). The molecule has 1 aliphatic carbocycles. The number of hydrogen-bond donors (Lipinski definition) is 1. The van der Waals surface area contributed by atoms with Crippen LogP contribution in [0.15, 0.2) is 30.3 Å². The van der Waals surface area contributed by atoms with E-state index in [0.717, 1.165) is 18.3 Å². The zero-order chi connectivity index (χ0) is 11.9. The molecule has 0 unspecified atom stereocenters. The number of hydrogen-bond acceptors (Lipinski definition) is 2. The summed E-state index contributed by atoms with van der Waals surface area (Å²) in [6, 6.07) is 10.5. The molecule has 1 aromatic carbocycles. The lowest BCUT2D eigenvalue weighted by Crippen LogP contribution is -2.21. The standard InChI is InChI=1S/C15H22OS/c17-11-10-13-6-8-15(9-7-13)16-12-14-4-2-1-3-5-14/h1-5,13,15,17H,6-12H2. The van der Waals surface area contributed by atoms with Crippen LogP contribution in [0, 0.1) is 5.92 Å². The quantitative estimate of drug-likeness (QED) is 0.775. The third kappa shape index (κ3) is 4.36. The molecule has 0 N–H and O–H groups in total. The molecular formula is C15H22OS. The smallest absolute Gasteiger partial charge is 0.0720 e. The van der Waals surface area contributed by atoms with E-state index in [2.05, 4.69) is 36.9 Å². The van der Waals surface area contributed by atoms with Crippen molar-refractivity contribution in [2.45, 2.75) is 44.8 Å². The number of rotatable bonds is 5. The summed E-state index contributed by atoms with van der Waals surface area (Å²) in [5.74, 6) is 1.92. The Morgan fingerprint density at radius 2 is 1.76 bits per heavy atom. The highest BCUT2D eigenvalue weighted by molar-refractivity contribution is 7.80. The lowest BCUT2D eigenvalue weighted by Gasteiger charge is -2.28. The summed E-state index contributed by atoms with van der Waals surface area (Å²) in [7, 11) is 0. The highest BCUT2D eigenvalue weighted by atomic mass is 32.1. The van der Waals surface area contributed by atoms with Crippen LogP contribution in [0.5, 0.6) is 0 Å². The molecule has 1 nitrogen and oxygen atoms in total. The van der Waals surface area contributed by atoms with Crippen molar-refractivity contribution in [3.63, 3.8) is 0 Å².